The van der Waals surface area contributed by atoms with E-state index >= 15 is 0 Å². The van der Waals surface area contributed by atoms with Crippen LogP contribution in [0.4, 0.5) is 0 Å². The van der Waals surface area contributed by atoms with E-state index in [1.165, 1.54) is 0 Å². The topological polar surface area (TPSA) is 74.6 Å². The number of carboxylic acids is 2. The second-order valence-electron chi connectivity index (χ2n) is 6.22. The molecular weight excluding hydrogens is 316 g/mol. The number of carboxylic acid groups (broad SMARTS) is 2. The molecule has 2 unspecified atom stereocenters. The highest BCUT2D eigenvalue weighted by atomic mass is 16.4. The van der Waals surface area contributed by atoms with E-state index in [4.69, 9.17) is 0 Å². The van der Waals surface area contributed by atoms with Gasteiger partial charge in [-0.3, -0.25) is 4.79 Å². The lowest BCUT2D eigenvalue weighted by atomic mass is 9.59. The van der Waals surface area contributed by atoms with Crippen molar-refractivity contribution in [2.45, 2.75) is 25.7 Å². The zero-order valence-electron chi connectivity index (χ0n) is 14.3. The molecule has 2 rings (SSSR count). The van der Waals surface area contributed by atoms with Gasteiger partial charge in [-0.15, -0.1) is 0 Å². The van der Waals surface area contributed by atoms with E-state index < -0.39 is 29.2 Å². The summed E-state index contributed by atoms with van der Waals surface area (Å²) in [5.41, 5.74) is -0.466. The molecule has 0 saturated carbocycles. The first-order valence-electron chi connectivity index (χ1n) is 8.09. The highest BCUT2D eigenvalue weighted by Gasteiger charge is 2.53. The van der Waals surface area contributed by atoms with Crippen molar-refractivity contribution in [2.75, 3.05) is 0 Å². The molecule has 4 nitrogen and oxygen atoms in total. The van der Waals surface area contributed by atoms with E-state index in [1.807, 2.05) is 60.7 Å². The molecule has 0 bridgehead atoms. The van der Waals surface area contributed by atoms with E-state index in [0.717, 1.165) is 11.1 Å². The summed E-state index contributed by atoms with van der Waals surface area (Å²) in [6, 6.07) is 18.2. The molecule has 2 aromatic rings. The molecule has 0 fully saturated rings. The van der Waals surface area contributed by atoms with Crippen molar-refractivity contribution in [1.29, 1.82) is 0 Å². The van der Waals surface area contributed by atoms with Crippen molar-refractivity contribution >= 4 is 11.9 Å². The smallest absolute Gasteiger partial charge is 0.332 e. The average molecular weight is 338 g/mol. The molecule has 2 atom stereocenters. The fraction of sp³-hybridized carbons (Fsp3) is 0.238. The van der Waals surface area contributed by atoms with Crippen molar-refractivity contribution in [3.05, 3.63) is 83.9 Å². The Balaban J connectivity index is 2.71. The highest BCUT2D eigenvalue weighted by molar-refractivity contribution is 5.97. The minimum Gasteiger partial charge on any atom is -0.481 e. The lowest BCUT2D eigenvalue weighted by Gasteiger charge is -2.41. The Kier molecular flexibility index (Phi) is 5.42. The molecule has 0 aliphatic carbocycles. The predicted molar refractivity (Wildman–Crippen MR) is 96.6 cm³/mol. The van der Waals surface area contributed by atoms with Gasteiger partial charge in [0.1, 0.15) is 5.41 Å². The number of hydrogen-bond acceptors (Lipinski definition) is 2. The summed E-state index contributed by atoms with van der Waals surface area (Å²) >= 11 is 0. The molecule has 0 amide bonds. The summed E-state index contributed by atoms with van der Waals surface area (Å²) < 4.78 is 0. The van der Waals surface area contributed by atoms with E-state index in [0.29, 0.717) is 0 Å². The molecule has 0 aliphatic heterocycles. The van der Waals surface area contributed by atoms with Crippen molar-refractivity contribution < 1.29 is 19.8 Å². The molecule has 0 saturated heterocycles. The van der Waals surface area contributed by atoms with E-state index in [2.05, 4.69) is 6.58 Å². The van der Waals surface area contributed by atoms with Gasteiger partial charge in [-0.25, -0.2) is 4.79 Å². The Bertz CT molecular complexity index is 719. The van der Waals surface area contributed by atoms with E-state index in [1.54, 1.807) is 13.8 Å². The molecule has 2 N–H and O–H groups in total. The number of aliphatic carboxylic acids is 2. The van der Waals surface area contributed by atoms with Crippen LogP contribution in [0, 0.1) is 5.41 Å². The lowest BCUT2D eigenvalue weighted by Crippen LogP contribution is -2.44. The van der Waals surface area contributed by atoms with Crippen LogP contribution in [0.5, 0.6) is 0 Å². The first kappa shape index (κ1) is 18.5. The Hall–Kier alpha value is -2.88. The van der Waals surface area contributed by atoms with E-state index in [-0.39, 0.29) is 5.57 Å². The fourth-order valence-electron chi connectivity index (χ4n) is 3.58. The number of hydrogen-bond donors (Lipinski definition) is 2. The lowest BCUT2D eigenvalue weighted by molar-refractivity contribution is -0.152. The van der Waals surface area contributed by atoms with Gasteiger partial charge in [-0.2, -0.15) is 0 Å². The van der Waals surface area contributed by atoms with Crippen LogP contribution in [0.15, 0.2) is 72.8 Å². The number of benzene rings is 2. The maximum absolute atomic E-state index is 12.5. The van der Waals surface area contributed by atoms with Crippen molar-refractivity contribution in [3.8, 4) is 0 Å². The number of carbonyl (C=O) groups is 2. The minimum atomic E-state index is -1.67. The molecule has 2 aromatic carbocycles. The zero-order valence-corrected chi connectivity index (χ0v) is 14.3. The molecule has 0 aliphatic rings. The highest BCUT2D eigenvalue weighted by Crippen LogP contribution is 2.51. The Morgan fingerprint density at radius 1 is 0.840 bits per heavy atom. The molecule has 0 spiro atoms. The second-order valence-corrected chi connectivity index (χ2v) is 6.22. The van der Waals surface area contributed by atoms with Crippen LogP contribution in [0.2, 0.25) is 0 Å². The summed E-state index contributed by atoms with van der Waals surface area (Å²) in [6.07, 6.45) is 0. The van der Waals surface area contributed by atoms with Crippen molar-refractivity contribution in [1.82, 2.24) is 0 Å². The van der Waals surface area contributed by atoms with Crippen LogP contribution in [0.3, 0.4) is 0 Å². The van der Waals surface area contributed by atoms with Gasteiger partial charge in [0.05, 0.1) is 0 Å². The van der Waals surface area contributed by atoms with Crippen LogP contribution in [0.1, 0.15) is 36.8 Å². The van der Waals surface area contributed by atoms with Gasteiger partial charge in [-0.1, -0.05) is 81.1 Å². The van der Waals surface area contributed by atoms with Crippen LogP contribution in [-0.4, -0.2) is 22.2 Å². The van der Waals surface area contributed by atoms with Crippen LogP contribution in [-0.2, 0) is 9.59 Å². The van der Waals surface area contributed by atoms with Crippen molar-refractivity contribution in [3.63, 3.8) is 0 Å². The summed E-state index contributed by atoms with van der Waals surface area (Å²) in [7, 11) is 0. The second kappa shape index (κ2) is 7.34. The third-order valence-corrected chi connectivity index (χ3v) is 5.08. The molecule has 4 heteroatoms. The van der Waals surface area contributed by atoms with Gasteiger partial charge >= 0.3 is 11.9 Å². The Labute approximate surface area is 147 Å². The van der Waals surface area contributed by atoms with Crippen LogP contribution in [0.25, 0.3) is 0 Å². The molecule has 0 aromatic heterocycles. The van der Waals surface area contributed by atoms with Gasteiger partial charge in [-0.05, 0) is 11.1 Å². The van der Waals surface area contributed by atoms with Gasteiger partial charge in [0.2, 0.25) is 0 Å². The molecule has 0 heterocycles. The molecule has 25 heavy (non-hydrogen) atoms. The van der Waals surface area contributed by atoms with Gasteiger partial charge in [0.25, 0.3) is 0 Å². The molecule has 0 radical (unpaired) electrons. The van der Waals surface area contributed by atoms with Gasteiger partial charge in [0, 0.05) is 17.4 Å². The standard InChI is InChI=1S/C21H22O4/c1-14(17-10-6-4-7-11-17)21(20(24)25,16(3)19(22)23)15(2)18-12-8-5-9-13-18/h4-15H,3H2,1-2H3,(H,22,23)(H,24,25). The summed E-state index contributed by atoms with van der Waals surface area (Å²) in [5, 5.41) is 19.8. The van der Waals surface area contributed by atoms with Gasteiger partial charge < -0.3 is 10.2 Å². The fourth-order valence-corrected chi connectivity index (χ4v) is 3.58. The quantitative estimate of drug-likeness (QED) is 0.738. The predicted octanol–water partition coefficient (Wildman–Crippen LogP) is 4.31. The maximum atomic E-state index is 12.5. The SMILES string of the molecule is C=C(C(=O)O)C(C(=O)O)(C(C)c1ccccc1)C(C)c1ccccc1. The Morgan fingerprint density at radius 2 is 1.20 bits per heavy atom. The summed E-state index contributed by atoms with van der Waals surface area (Å²) in [4.78, 5) is 24.2. The summed E-state index contributed by atoms with van der Waals surface area (Å²) in [5.74, 6) is -3.64. The van der Waals surface area contributed by atoms with Crippen molar-refractivity contribution in [2.24, 2.45) is 5.41 Å². The Morgan fingerprint density at radius 3 is 1.48 bits per heavy atom. The largest absolute Gasteiger partial charge is 0.481 e. The van der Waals surface area contributed by atoms with Crippen LogP contribution >= 0.6 is 0 Å². The van der Waals surface area contributed by atoms with E-state index in [9.17, 15) is 19.8 Å². The average Bonchev–Trinajstić information content (AvgIpc) is 2.63. The van der Waals surface area contributed by atoms with Crippen LogP contribution < -0.4 is 0 Å². The molecule has 130 valence electrons. The zero-order chi connectivity index (χ0) is 18.6. The van der Waals surface area contributed by atoms with Gasteiger partial charge in [0.15, 0.2) is 0 Å². The summed E-state index contributed by atoms with van der Waals surface area (Å²) in [6.45, 7) is 7.15. The number of rotatable bonds is 7. The molecular formula is C21H22O4. The third-order valence-electron chi connectivity index (χ3n) is 5.08. The monoisotopic (exact) mass is 338 g/mol. The third kappa shape index (κ3) is 3.20. The normalized spacial score (nSPS) is 15.6. The maximum Gasteiger partial charge on any atom is 0.332 e. The first-order chi connectivity index (χ1) is 11.8. The minimum absolute atomic E-state index is 0.312. The first-order valence-corrected chi connectivity index (χ1v) is 8.09.